The van der Waals surface area contributed by atoms with E-state index in [1.165, 1.54) is 56.9 Å². The van der Waals surface area contributed by atoms with Crippen LogP contribution in [0.4, 0.5) is 0 Å². The van der Waals surface area contributed by atoms with Crippen LogP contribution in [-0.4, -0.2) is 15.5 Å². The summed E-state index contributed by atoms with van der Waals surface area (Å²) in [5.41, 5.74) is 3.73. The molecule has 2 bridgehead atoms. The van der Waals surface area contributed by atoms with Gasteiger partial charge >= 0.3 is 0 Å². The molecule has 0 radical (unpaired) electrons. The number of aromatic hydroxyl groups is 2. The predicted molar refractivity (Wildman–Crippen MR) is 124 cm³/mol. The molecule has 2 nitrogen and oxygen atoms in total. The first-order valence-corrected chi connectivity index (χ1v) is 12.7. The second-order valence-corrected chi connectivity index (χ2v) is 11.4. The third-order valence-electron chi connectivity index (χ3n) is 8.70. The standard InChI is InChI=1S/C26H37BrO2/c1-17-13-19(21-16-20(17)25(21,2)3)24-22(28)14-18(15-23(24)29)26(10-6-7-11-26)9-5-4-8-12-27/h13-15,19-21,28-29H,4-12,16H2,1-3H3/t19-,20-,21+/m0/s1. The lowest BCUT2D eigenvalue weighted by atomic mass is 9.45. The zero-order valence-corrected chi connectivity index (χ0v) is 19.9. The first kappa shape index (κ1) is 21.3. The van der Waals surface area contributed by atoms with Gasteiger partial charge in [-0.2, -0.15) is 0 Å². The topological polar surface area (TPSA) is 40.5 Å². The number of halogens is 1. The highest BCUT2D eigenvalue weighted by Crippen LogP contribution is 2.65. The van der Waals surface area contributed by atoms with Gasteiger partial charge in [-0.25, -0.2) is 0 Å². The van der Waals surface area contributed by atoms with Gasteiger partial charge in [-0.05, 0) is 79.4 Å². The van der Waals surface area contributed by atoms with Gasteiger partial charge in [-0.1, -0.05) is 67.1 Å². The molecular weight excluding hydrogens is 424 g/mol. The second-order valence-electron chi connectivity index (χ2n) is 10.6. The number of rotatable bonds is 7. The minimum atomic E-state index is 0.127. The number of allylic oxidation sites excluding steroid dienone is 2. The maximum Gasteiger partial charge on any atom is 0.123 e. The van der Waals surface area contributed by atoms with Gasteiger partial charge in [0.1, 0.15) is 11.5 Å². The first-order chi connectivity index (χ1) is 13.8. The Hall–Kier alpha value is -0.960. The van der Waals surface area contributed by atoms with Crippen LogP contribution in [0.5, 0.6) is 11.5 Å². The summed E-state index contributed by atoms with van der Waals surface area (Å²) in [5.74, 6) is 1.91. The normalized spacial score (nSPS) is 29.4. The van der Waals surface area contributed by atoms with Crippen molar-refractivity contribution < 1.29 is 10.2 Å². The van der Waals surface area contributed by atoms with Crippen molar-refractivity contribution >= 4 is 15.9 Å². The minimum Gasteiger partial charge on any atom is -0.507 e. The highest BCUT2D eigenvalue weighted by atomic mass is 79.9. The average Bonchev–Trinajstić information content (AvgIpc) is 3.14. The lowest BCUT2D eigenvalue weighted by Crippen LogP contribution is -2.50. The second kappa shape index (κ2) is 7.94. The van der Waals surface area contributed by atoms with Crippen LogP contribution in [0.2, 0.25) is 0 Å². The van der Waals surface area contributed by atoms with E-state index in [2.05, 4.69) is 42.8 Å². The van der Waals surface area contributed by atoms with Crippen LogP contribution in [0.15, 0.2) is 23.8 Å². The Kier molecular flexibility index (Phi) is 5.83. The maximum absolute atomic E-state index is 11.1. The van der Waals surface area contributed by atoms with E-state index in [0.29, 0.717) is 23.3 Å². The monoisotopic (exact) mass is 460 g/mol. The molecule has 4 aliphatic carbocycles. The summed E-state index contributed by atoms with van der Waals surface area (Å²) in [6.45, 7) is 6.91. The number of phenolic OH excluding ortho intramolecular Hbond substituents is 2. The highest BCUT2D eigenvalue weighted by Gasteiger charge is 2.55. The highest BCUT2D eigenvalue weighted by molar-refractivity contribution is 9.09. The van der Waals surface area contributed by atoms with Crippen LogP contribution >= 0.6 is 15.9 Å². The SMILES string of the molecule is CC1=C[C@H](c2c(O)cc(C3(CCCCCBr)CCCC3)cc2O)[C@H]2C[C@@H]1C2(C)C. The molecular formula is C26H37BrO2. The summed E-state index contributed by atoms with van der Waals surface area (Å²) >= 11 is 3.54. The molecule has 29 heavy (non-hydrogen) atoms. The molecule has 160 valence electrons. The molecule has 0 saturated heterocycles. The predicted octanol–water partition coefficient (Wildman–Crippen LogP) is 7.57. The lowest BCUT2D eigenvalue weighted by molar-refractivity contribution is -0.0198. The fourth-order valence-electron chi connectivity index (χ4n) is 6.88. The van der Waals surface area contributed by atoms with Crippen molar-refractivity contribution in [2.45, 2.75) is 89.9 Å². The summed E-state index contributed by atoms with van der Waals surface area (Å²) in [7, 11) is 0. The molecule has 2 saturated carbocycles. The van der Waals surface area contributed by atoms with Crippen LogP contribution in [-0.2, 0) is 5.41 Å². The molecule has 1 aromatic carbocycles. The first-order valence-electron chi connectivity index (χ1n) is 11.6. The van der Waals surface area contributed by atoms with E-state index in [1.807, 2.05) is 12.1 Å². The van der Waals surface area contributed by atoms with Crippen molar-refractivity contribution in [1.29, 1.82) is 0 Å². The molecule has 2 fully saturated rings. The summed E-state index contributed by atoms with van der Waals surface area (Å²) in [6.07, 6.45) is 13.2. The van der Waals surface area contributed by atoms with E-state index in [-0.39, 0.29) is 16.7 Å². The third kappa shape index (κ3) is 3.56. The number of fused-ring (bicyclic) bond motifs is 1. The fourth-order valence-corrected chi connectivity index (χ4v) is 7.28. The van der Waals surface area contributed by atoms with Gasteiger partial charge in [-0.3, -0.25) is 0 Å². The van der Waals surface area contributed by atoms with Gasteiger partial charge in [0.2, 0.25) is 0 Å². The van der Waals surface area contributed by atoms with Gasteiger partial charge in [-0.15, -0.1) is 0 Å². The van der Waals surface area contributed by atoms with E-state index >= 15 is 0 Å². The van der Waals surface area contributed by atoms with Gasteiger partial charge in [0.05, 0.1) is 0 Å². The van der Waals surface area contributed by atoms with Gasteiger partial charge in [0, 0.05) is 16.8 Å². The van der Waals surface area contributed by atoms with Crippen LogP contribution in [0.3, 0.4) is 0 Å². The number of phenols is 2. The van der Waals surface area contributed by atoms with Crippen molar-refractivity contribution in [3.63, 3.8) is 0 Å². The fraction of sp³-hybridized carbons (Fsp3) is 0.692. The Morgan fingerprint density at radius 2 is 1.69 bits per heavy atom. The van der Waals surface area contributed by atoms with Gasteiger partial charge in [0.25, 0.3) is 0 Å². The van der Waals surface area contributed by atoms with Crippen molar-refractivity contribution in [2.75, 3.05) is 5.33 Å². The molecule has 5 rings (SSSR count). The quantitative estimate of drug-likeness (QED) is 0.250. The van der Waals surface area contributed by atoms with Crippen LogP contribution < -0.4 is 0 Å². The van der Waals surface area contributed by atoms with Crippen LogP contribution in [0.25, 0.3) is 0 Å². The molecule has 1 aromatic rings. The van der Waals surface area contributed by atoms with Crippen molar-refractivity contribution in [2.24, 2.45) is 17.3 Å². The Labute approximate surface area is 184 Å². The summed E-state index contributed by atoms with van der Waals surface area (Å²) in [5, 5.41) is 23.3. The van der Waals surface area contributed by atoms with Gasteiger partial charge < -0.3 is 10.2 Å². The third-order valence-corrected chi connectivity index (χ3v) is 9.26. The van der Waals surface area contributed by atoms with E-state index in [4.69, 9.17) is 0 Å². The molecule has 0 heterocycles. The molecule has 0 unspecified atom stereocenters. The summed E-state index contributed by atoms with van der Waals surface area (Å²) in [6, 6.07) is 4.01. The minimum absolute atomic E-state index is 0.127. The Balaban J connectivity index is 1.64. The molecule has 3 heteroatoms. The molecule has 0 spiro atoms. The summed E-state index contributed by atoms with van der Waals surface area (Å²) in [4.78, 5) is 0. The van der Waals surface area contributed by atoms with Crippen molar-refractivity contribution in [3.8, 4) is 11.5 Å². The van der Waals surface area contributed by atoms with Gasteiger partial charge in [0.15, 0.2) is 0 Å². The number of hydrogen-bond acceptors (Lipinski definition) is 2. The van der Waals surface area contributed by atoms with E-state index in [1.54, 1.807) is 0 Å². The molecule has 0 aromatic heterocycles. The van der Waals surface area contributed by atoms with E-state index in [9.17, 15) is 10.2 Å². The Morgan fingerprint density at radius 1 is 1.03 bits per heavy atom. The Bertz CT molecular complexity index is 765. The van der Waals surface area contributed by atoms with E-state index in [0.717, 1.165) is 22.9 Å². The van der Waals surface area contributed by atoms with Crippen LogP contribution in [0.1, 0.15) is 95.6 Å². The maximum atomic E-state index is 11.1. The Morgan fingerprint density at radius 3 is 2.24 bits per heavy atom. The van der Waals surface area contributed by atoms with Crippen LogP contribution in [0, 0.1) is 17.3 Å². The number of alkyl halides is 1. The average molecular weight is 461 g/mol. The molecule has 3 atom stereocenters. The number of benzene rings is 1. The molecule has 2 N–H and O–H groups in total. The zero-order valence-electron chi connectivity index (χ0n) is 18.3. The number of unbranched alkanes of at least 4 members (excludes halogenated alkanes) is 2. The lowest BCUT2D eigenvalue weighted by Gasteiger charge is -2.59. The van der Waals surface area contributed by atoms with Crippen molar-refractivity contribution in [1.82, 2.24) is 0 Å². The molecule has 0 aliphatic heterocycles. The van der Waals surface area contributed by atoms with Crippen molar-refractivity contribution in [3.05, 3.63) is 34.9 Å². The largest absolute Gasteiger partial charge is 0.507 e. The molecule has 4 aliphatic rings. The zero-order chi connectivity index (χ0) is 20.8. The van der Waals surface area contributed by atoms with E-state index < -0.39 is 0 Å². The number of hydrogen-bond donors (Lipinski definition) is 2. The molecule has 0 amide bonds. The summed E-state index contributed by atoms with van der Waals surface area (Å²) < 4.78 is 0. The smallest absolute Gasteiger partial charge is 0.123 e.